The van der Waals surface area contributed by atoms with Gasteiger partial charge in [0.25, 0.3) is 17.7 Å². The minimum atomic E-state index is -3.40. The number of rotatable bonds is 5. The lowest BCUT2D eigenvalue weighted by molar-refractivity contribution is -0.151. The normalized spacial score (nSPS) is 35.3. The van der Waals surface area contributed by atoms with Gasteiger partial charge in [-0.2, -0.15) is 0 Å². The Morgan fingerprint density at radius 1 is 0.860 bits per heavy atom. The molecule has 236 valence electrons. The molecular formula is C28H41N7O7S. The number of sulfonamides is 1. The molecule has 0 unspecified atom stereocenters. The number of amides is 7. The molecule has 3 saturated heterocycles. The van der Waals surface area contributed by atoms with E-state index in [4.69, 9.17) is 11.5 Å². The number of carbonyl (C=O) groups excluding carboxylic acids is 5. The van der Waals surface area contributed by atoms with Gasteiger partial charge < -0.3 is 16.4 Å². The lowest BCUT2D eigenvalue weighted by atomic mass is 9.51. The number of nitrogens with zero attached hydrogens (tertiary/aromatic N) is 5. The van der Waals surface area contributed by atoms with Crippen LogP contribution in [0.2, 0.25) is 0 Å². The van der Waals surface area contributed by atoms with Gasteiger partial charge in [0.05, 0.1) is 5.75 Å². The Bertz CT molecular complexity index is 1400. The van der Waals surface area contributed by atoms with Crippen molar-refractivity contribution >= 4 is 39.8 Å². The number of urea groups is 2. The molecule has 3 saturated carbocycles. The minimum Gasteiger partial charge on any atom is -0.385 e. The van der Waals surface area contributed by atoms with Gasteiger partial charge in [0.2, 0.25) is 10.0 Å². The zero-order chi connectivity index (χ0) is 31.1. The minimum absolute atomic E-state index is 0.0595. The van der Waals surface area contributed by atoms with Crippen LogP contribution in [0.5, 0.6) is 0 Å². The van der Waals surface area contributed by atoms with Crippen molar-refractivity contribution in [1.29, 1.82) is 0 Å². The van der Waals surface area contributed by atoms with Gasteiger partial charge in [-0.15, -0.1) is 0 Å². The Morgan fingerprint density at radius 2 is 1.51 bits per heavy atom. The molecular weight excluding hydrogens is 578 g/mol. The maximum Gasteiger partial charge on any atom is 0.334 e. The second kappa shape index (κ2) is 10.2. The van der Waals surface area contributed by atoms with Crippen LogP contribution in [0.1, 0.15) is 64.2 Å². The van der Waals surface area contributed by atoms with E-state index in [0.717, 1.165) is 34.0 Å². The van der Waals surface area contributed by atoms with Crippen LogP contribution < -0.4 is 11.5 Å². The van der Waals surface area contributed by atoms with E-state index >= 15 is 0 Å². The first-order valence-electron chi connectivity index (χ1n) is 15.2. The zero-order valence-electron chi connectivity index (χ0n) is 24.8. The molecule has 4 N–H and O–H groups in total. The van der Waals surface area contributed by atoms with Gasteiger partial charge >= 0.3 is 12.1 Å². The van der Waals surface area contributed by atoms with Crippen LogP contribution in [0, 0.1) is 17.3 Å². The molecule has 14 nitrogen and oxygen atoms in total. The molecule has 6 aliphatic rings. The number of imide groups is 3. The van der Waals surface area contributed by atoms with Gasteiger partial charge in [0, 0.05) is 39.8 Å². The van der Waals surface area contributed by atoms with Crippen molar-refractivity contribution < 1.29 is 32.4 Å². The van der Waals surface area contributed by atoms with Gasteiger partial charge in [0.1, 0.15) is 16.9 Å². The molecule has 0 aromatic carbocycles. The summed E-state index contributed by atoms with van der Waals surface area (Å²) in [6.07, 6.45) is 6.62. The van der Waals surface area contributed by atoms with Crippen LogP contribution >= 0.6 is 0 Å². The van der Waals surface area contributed by atoms with Crippen molar-refractivity contribution in [2.24, 2.45) is 28.7 Å². The maximum absolute atomic E-state index is 13.5. The highest BCUT2D eigenvalue weighted by Gasteiger charge is 2.68. The van der Waals surface area contributed by atoms with Gasteiger partial charge in [-0.3, -0.25) is 29.1 Å². The van der Waals surface area contributed by atoms with Crippen molar-refractivity contribution in [3.05, 3.63) is 11.4 Å². The number of likely N-dealkylation sites (N-methyl/N-ethyl adjacent to an activating group) is 1. The predicted molar refractivity (Wildman–Crippen MR) is 153 cm³/mol. The van der Waals surface area contributed by atoms with Gasteiger partial charge in [-0.05, 0) is 75.0 Å². The summed E-state index contributed by atoms with van der Waals surface area (Å²) in [6, 6.07) is -1.47. The first-order chi connectivity index (χ1) is 20.2. The molecule has 6 fully saturated rings. The first kappa shape index (κ1) is 29.9. The van der Waals surface area contributed by atoms with E-state index in [1.54, 1.807) is 11.9 Å². The molecule has 15 heteroatoms. The fourth-order valence-electron chi connectivity index (χ4n) is 8.22. The van der Waals surface area contributed by atoms with Crippen molar-refractivity contribution in [1.82, 2.24) is 23.9 Å². The average Bonchev–Trinajstić information content (AvgIpc) is 3.06. The van der Waals surface area contributed by atoms with E-state index in [2.05, 4.69) is 0 Å². The highest BCUT2D eigenvalue weighted by Crippen LogP contribution is 2.61. The van der Waals surface area contributed by atoms with E-state index < -0.39 is 51.3 Å². The first-order valence-corrected chi connectivity index (χ1v) is 16.8. The van der Waals surface area contributed by atoms with E-state index in [1.807, 2.05) is 0 Å². The van der Waals surface area contributed by atoms with Crippen LogP contribution in [0.4, 0.5) is 9.59 Å². The summed E-state index contributed by atoms with van der Waals surface area (Å²) in [5.74, 6) is -2.28. The number of hydrogen-bond acceptors (Lipinski definition) is 9. The molecule has 3 aliphatic heterocycles. The maximum atomic E-state index is 13.5. The SMILES string of the molecule is CN1C(=O)N(C[C@@H]2CCN(C)S(=O)(=O)C2)C2(CC3(CCC(N4C(=O)C(=C(N)N)C(=O)N(CC5CCC5)C4=O)CC3)C2)C1=O. The Morgan fingerprint density at radius 3 is 2.07 bits per heavy atom. The Balaban J connectivity index is 1.16. The molecule has 1 atom stereocenters. The molecule has 0 radical (unpaired) electrons. The van der Waals surface area contributed by atoms with Crippen LogP contribution in [-0.4, -0.2) is 113 Å². The molecule has 3 aliphatic carbocycles. The standard InChI is InChI=1S/C28H41N7O7S/c1-31-11-8-18(14-43(31,41)42)13-34-25(39)32(2)24(38)28(34)15-27(16-28)9-6-19(7-10-27)35-23(37)20(21(29)30)22(36)33(26(35)40)12-17-4-3-5-17/h17-19H,3-16,29-30H2,1-2H3/t18-,19?,27?,28?/m0/s1. The van der Waals surface area contributed by atoms with Crippen molar-refractivity contribution in [3.8, 4) is 0 Å². The zero-order valence-corrected chi connectivity index (χ0v) is 25.6. The predicted octanol–water partition coefficient (Wildman–Crippen LogP) is 0.343. The van der Waals surface area contributed by atoms with Crippen LogP contribution in [0.15, 0.2) is 11.4 Å². The highest BCUT2D eigenvalue weighted by atomic mass is 32.2. The van der Waals surface area contributed by atoms with Gasteiger partial charge in [0.15, 0.2) is 0 Å². The van der Waals surface area contributed by atoms with Gasteiger partial charge in [-0.25, -0.2) is 22.3 Å². The lowest BCUT2D eigenvalue weighted by Crippen LogP contribution is -2.66. The van der Waals surface area contributed by atoms with Crippen LogP contribution in [0.3, 0.4) is 0 Å². The summed E-state index contributed by atoms with van der Waals surface area (Å²) in [4.78, 5) is 71.6. The van der Waals surface area contributed by atoms with E-state index in [0.29, 0.717) is 51.5 Å². The van der Waals surface area contributed by atoms with E-state index in [9.17, 15) is 32.4 Å². The lowest BCUT2D eigenvalue weighted by Gasteiger charge is -2.59. The van der Waals surface area contributed by atoms with Crippen molar-refractivity contribution in [2.75, 3.05) is 39.5 Å². The summed E-state index contributed by atoms with van der Waals surface area (Å²) >= 11 is 0. The third-order valence-electron chi connectivity index (χ3n) is 11.0. The summed E-state index contributed by atoms with van der Waals surface area (Å²) in [7, 11) is -0.384. The molecule has 7 amide bonds. The van der Waals surface area contributed by atoms with E-state index in [1.165, 1.54) is 11.4 Å². The quantitative estimate of drug-likeness (QED) is 0.249. The Kier molecular flexibility index (Phi) is 7.07. The number of nitrogens with two attached hydrogens (primary N) is 2. The molecule has 0 bridgehead atoms. The summed E-state index contributed by atoms with van der Waals surface area (Å²) in [5, 5.41) is 0. The second-order valence-corrected chi connectivity index (χ2v) is 15.7. The topological polar surface area (TPSA) is 188 Å². The molecule has 0 aromatic rings. The number of carbonyl (C=O) groups is 5. The van der Waals surface area contributed by atoms with Crippen LogP contribution in [0.25, 0.3) is 0 Å². The van der Waals surface area contributed by atoms with Gasteiger partial charge in [-0.1, -0.05) is 6.42 Å². The summed E-state index contributed by atoms with van der Waals surface area (Å²) in [6.45, 7) is 0.814. The third kappa shape index (κ3) is 4.61. The number of hydrogen-bond donors (Lipinski definition) is 2. The molecule has 6 rings (SSSR count). The highest BCUT2D eigenvalue weighted by molar-refractivity contribution is 7.89. The monoisotopic (exact) mass is 619 g/mol. The molecule has 3 heterocycles. The Labute approximate surface area is 251 Å². The smallest absolute Gasteiger partial charge is 0.334 e. The third-order valence-corrected chi connectivity index (χ3v) is 13.0. The molecule has 43 heavy (non-hydrogen) atoms. The summed E-state index contributed by atoms with van der Waals surface area (Å²) < 4.78 is 26.3. The fraction of sp³-hybridized carbons (Fsp3) is 0.750. The second-order valence-electron chi connectivity index (χ2n) is 13.6. The fourth-order valence-corrected chi connectivity index (χ4v) is 9.72. The summed E-state index contributed by atoms with van der Waals surface area (Å²) in [5.41, 5.74) is 9.90. The van der Waals surface area contributed by atoms with Crippen molar-refractivity contribution in [2.45, 2.75) is 75.8 Å². The molecule has 0 aromatic heterocycles. The van der Waals surface area contributed by atoms with E-state index in [-0.39, 0.29) is 47.6 Å². The Hall–Kier alpha value is -3.20. The van der Waals surface area contributed by atoms with Crippen molar-refractivity contribution in [3.63, 3.8) is 0 Å². The number of barbiturate groups is 1. The average molecular weight is 620 g/mol. The van der Waals surface area contributed by atoms with Crippen LogP contribution in [-0.2, 0) is 24.4 Å². The largest absolute Gasteiger partial charge is 0.385 e. The molecule has 2 spiro atoms.